The predicted octanol–water partition coefficient (Wildman–Crippen LogP) is 5.01. The molecule has 0 bridgehead atoms. The lowest BCUT2D eigenvalue weighted by molar-refractivity contribution is 1.10. The molecule has 0 radical (unpaired) electrons. The number of benzene rings is 1. The lowest BCUT2D eigenvalue weighted by atomic mass is 10.1. The number of nitrogens with zero attached hydrogens (tertiary/aromatic N) is 2. The molecular weight excluding hydrogens is 291 g/mol. The average Bonchev–Trinajstić information content (AvgIpc) is 2.78. The lowest BCUT2D eigenvalue weighted by Crippen LogP contribution is -1.89. The van der Waals surface area contributed by atoms with Crippen molar-refractivity contribution in [3.63, 3.8) is 0 Å². The van der Waals surface area contributed by atoms with Gasteiger partial charge in [-0.15, -0.1) is 11.6 Å². The molecule has 102 valence electrons. The molecule has 0 N–H and O–H groups in total. The molecule has 0 saturated heterocycles. The summed E-state index contributed by atoms with van der Waals surface area (Å²) in [6, 6.07) is 10.0. The van der Waals surface area contributed by atoms with Crippen molar-refractivity contribution in [2.45, 2.75) is 19.7 Å². The number of rotatable bonds is 2. The van der Waals surface area contributed by atoms with Gasteiger partial charge in [-0.2, -0.15) is 0 Å². The van der Waals surface area contributed by atoms with Crippen LogP contribution in [0, 0.1) is 13.8 Å². The van der Waals surface area contributed by atoms with Gasteiger partial charge in [-0.25, -0.2) is 4.98 Å². The van der Waals surface area contributed by atoms with Crippen LogP contribution in [-0.2, 0) is 5.88 Å². The van der Waals surface area contributed by atoms with Crippen LogP contribution in [0.25, 0.3) is 16.9 Å². The minimum absolute atomic E-state index is 0.498. The number of aromatic nitrogens is 2. The van der Waals surface area contributed by atoms with Crippen LogP contribution < -0.4 is 0 Å². The molecule has 20 heavy (non-hydrogen) atoms. The Morgan fingerprint density at radius 3 is 2.65 bits per heavy atom. The first-order valence-corrected chi connectivity index (χ1v) is 7.31. The van der Waals surface area contributed by atoms with E-state index in [0.717, 1.165) is 38.7 Å². The minimum Gasteiger partial charge on any atom is -0.304 e. The Morgan fingerprint density at radius 1 is 1.15 bits per heavy atom. The Kier molecular flexibility index (Phi) is 3.45. The number of aryl methyl sites for hydroxylation is 2. The van der Waals surface area contributed by atoms with Crippen LogP contribution >= 0.6 is 23.2 Å². The second kappa shape index (κ2) is 5.12. The Bertz CT molecular complexity index is 791. The molecule has 2 aromatic heterocycles. The van der Waals surface area contributed by atoms with E-state index >= 15 is 0 Å². The van der Waals surface area contributed by atoms with Gasteiger partial charge >= 0.3 is 0 Å². The van der Waals surface area contributed by atoms with Crippen LogP contribution in [0.5, 0.6) is 0 Å². The molecule has 4 heteroatoms. The van der Waals surface area contributed by atoms with Gasteiger partial charge < -0.3 is 4.40 Å². The van der Waals surface area contributed by atoms with Crippen molar-refractivity contribution in [3.8, 4) is 11.3 Å². The Balaban J connectivity index is 2.20. The van der Waals surface area contributed by atoms with Crippen LogP contribution in [0.15, 0.2) is 36.5 Å². The standard InChI is InChI=1S/C16H14Cl2N2/c1-10-7-13(3-4-14(10)18)16-11(2)20-6-5-12(9-17)8-15(20)19-16/h3-8H,9H2,1-2H3. The highest BCUT2D eigenvalue weighted by atomic mass is 35.5. The van der Waals surface area contributed by atoms with Gasteiger partial charge in [-0.05, 0) is 49.2 Å². The predicted molar refractivity (Wildman–Crippen MR) is 84.7 cm³/mol. The zero-order valence-electron chi connectivity index (χ0n) is 11.3. The summed E-state index contributed by atoms with van der Waals surface area (Å²) in [5, 5.41) is 0.777. The van der Waals surface area contributed by atoms with Crippen LogP contribution in [0.1, 0.15) is 16.8 Å². The maximum Gasteiger partial charge on any atom is 0.137 e. The quantitative estimate of drug-likeness (QED) is 0.608. The fraction of sp³-hybridized carbons (Fsp3) is 0.188. The van der Waals surface area contributed by atoms with Crippen molar-refractivity contribution in [3.05, 3.63) is 58.4 Å². The normalized spacial score (nSPS) is 11.2. The average molecular weight is 305 g/mol. The van der Waals surface area contributed by atoms with E-state index in [1.165, 1.54) is 0 Å². The molecule has 0 saturated carbocycles. The van der Waals surface area contributed by atoms with E-state index in [9.17, 15) is 0 Å². The number of alkyl halides is 1. The SMILES string of the molecule is Cc1cc(-c2nc3cc(CCl)ccn3c2C)ccc1Cl. The van der Waals surface area contributed by atoms with Gasteiger partial charge in [-0.3, -0.25) is 0 Å². The third kappa shape index (κ3) is 2.19. The Hall–Kier alpha value is -1.51. The fourth-order valence-corrected chi connectivity index (χ4v) is 2.64. The highest BCUT2D eigenvalue weighted by Gasteiger charge is 2.11. The molecule has 0 amide bonds. The van der Waals surface area contributed by atoms with Crippen LogP contribution in [0.3, 0.4) is 0 Å². The molecule has 0 atom stereocenters. The molecule has 0 unspecified atom stereocenters. The summed E-state index contributed by atoms with van der Waals surface area (Å²) in [5.41, 5.74) is 6.23. The zero-order valence-corrected chi connectivity index (χ0v) is 12.8. The van der Waals surface area contributed by atoms with Crippen LogP contribution in [0.4, 0.5) is 0 Å². The van der Waals surface area contributed by atoms with Crippen molar-refractivity contribution in [2.24, 2.45) is 0 Å². The molecular formula is C16H14Cl2N2. The van der Waals surface area contributed by atoms with Gasteiger partial charge in [-0.1, -0.05) is 17.7 Å². The summed E-state index contributed by atoms with van der Waals surface area (Å²) in [7, 11) is 0. The van der Waals surface area contributed by atoms with E-state index in [1.54, 1.807) is 0 Å². The maximum absolute atomic E-state index is 6.09. The van der Waals surface area contributed by atoms with Crippen molar-refractivity contribution in [2.75, 3.05) is 0 Å². The summed E-state index contributed by atoms with van der Waals surface area (Å²) < 4.78 is 2.08. The monoisotopic (exact) mass is 304 g/mol. The molecule has 0 aliphatic heterocycles. The summed E-state index contributed by atoms with van der Waals surface area (Å²) in [4.78, 5) is 4.72. The zero-order chi connectivity index (χ0) is 14.3. The van der Waals surface area contributed by atoms with Crippen LogP contribution in [-0.4, -0.2) is 9.38 Å². The highest BCUT2D eigenvalue weighted by molar-refractivity contribution is 6.31. The number of imidazole rings is 1. The fourth-order valence-electron chi connectivity index (χ4n) is 2.36. The van der Waals surface area contributed by atoms with Crippen molar-refractivity contribution >= 4 is 28.8 Å². The van der Waals surface area contributed by atoms with Crippen LogP contribution in [0.2, 0.25) is 5.02 Å². The molecule has 2 nitrogen and oxygen atoms in total. The molecule has 0 spiro atoms. The minimum atomic E-state index is 0.498. The topological polar surface area (TPSA) is 17.3 Å². The first-order valence-electron chi connectivity index (χ1n) is 6.40. The summed E-state index contributed by atoms with van der Waals surface area (Å²) in [5.74, 6) is 0.498. The van der Waals surface area contributed by atoms with E-state index in [0.29, 0.717) is 5.88 Å². The number of halogens is 2. The second-order valence-corrected chi connectivity index (χ2v) is 5.58. The summed E-state index contributed by atoms with van der Waals surface area (Å²) in [6.07, 6.45) is 2.02. The molecule has 0 fully saturated rings. The highest BCUT2D eigenvalue weighted by Crippen LogP contribution is 2.27. The number of hydrogen-bond acceptors (Lipinski definition) is 1. The smallest absolute Gasteiger partial charge is 0.137 e. The van der Waals surface area contributed by atoms with E-state index in [4.69, 9.17) is 28.2 Å². The summed E-state index contributed by atoms with van der Waals surface area (Å²) >= 11 is 12.0. The second-order valence-electron chi connectivity index (χ2n) is 4.91. The van der Waals surface area contributed by atoms with E-state index in [-0.39, 0.29) is 0 Å². The molecule has 0 aliphatic rings. The van der Waals surface area contributed by atoms with Gasteiger partial charge in [0.25, 0.3) is 0 Å². The first kappa shape index (κ1) is 13.5. The van der Waals surface area contributed by atoms with Crippen molar-refractivity contribution < 1.29 is 0 Å². The third-order valence-corrected chi connectivity index (χ3v) is 4.25. The van der Waals surface area contributed by atoms with E-state index in [2.05, 4.69) is 17.4 Å². The first-order chi connectivity index (χ1) is 9.60. The van der Waals surface area contributed by atoms with Gasteiger partial charge in [0, 0.05) is 28.4 Å². The maximum atomic E-state index is 6.09. The van der Waals surface area contributed by atoms with Crippen molar-refractivity contribution in [1.82, 2.24) is 9.38 Å². The number of pyridine rings is 1. The van der Waals surface area contributed by atoms with E-state index in [1.807, 2.05) is 37.4 Å². The van der Waals surface area contributed by atoms with E-state index < -0.39 is 0 Å². The van der Waals surface area contributed by atoms with Gasteiger partial charge in [0.05, 0.1) is 5.69 Å². The number of fused-ring (bicyclic) bond motifs is 1. The van der Waals surface area contributed by atoms with Gasteiger partial charge in [0.2, 0.25) is 0 Å². The molecule has 3 rings (SSSR count). The van der Waals surface area contributed by atoms with Crippen molar-refractivity contribution in [1.29, 1.82) is 0 Å². The lowest BCUT2D eigenvalue weighted by Gasteiger charge is -2.03. The molecule has 1 aromatic carbocycles. The Labute approximate surface area is 128 Å². The molecule has 3 aromatic rings. The third-order valence-electron chi connectivity index (χ3n) is 3.52. The van der Waals surface area contributed by atoms with Gasteiger partial charge in [0.1, 0.15) is 5.65 Å². The Morgan fingerprint density at radius 2 is 1.95 bits per heavy atom. The molecule has 2 heterocycles. The number of hydrogen-bond donors (Lipinski definition) is 0. The summed E-state index contributed by atoms with van der Waals surface area (Å²) in [6.45, 7) is 4.07. The largest absolute Gasteiger partial charge is 0.304 e. The van der Waals surface area contributed by atoms with Gasteiger partial charge in [0.15, 0.2) is 0 Å². The molecule has 0 aliphatic carbocycles.